The van der Waals surface area contributed by atoms with Gasteiger partial charge >= 0.3 is 0 Å². The minimum absolute atomic E-state index is 0.0468. The van der Waals surface area contributed by atoms with Gasteiger partial charge in [-0.05, 0) is 34.4 Å². The molecule has 1 N–H and O–H groups in total. The minimum Gasteiger partial charge on any atom is -0.306 e. The van der Waals surface area contributed by atoms with Crippen LogP contribution in [0.25, 0.3) is 11.1 Å². The molecule has 0 fully saturated rings. The molecule has 6 heteroatoms. The van der Waals surface area contributed by atoms with Gasteiger partial charge in [0.15, 0.2) is 11.1 Å². The first kappa shape index (κ1) is 19.2. The van der Waals surface area contributed by atoms with Crippen molar-refractivity contribution < 1.29 is 17.9 Å². The number of carbonyl (C=O) groups is 1. The molecule has 4 nitrogen and oxygen atoms in total. The number of hydrogen-bond acceptors (Lipinski definition) is 2. The van der Waals surface area contributed by atoms with E-state index in [1.807, 2.05) is 42.5 Å². The van der Waals surface area contributed by atoms with Gasteiger partial charge in [-0.25, -0.2) is 8.60 Å². The molecule has 1 amide bonds. The fourth-order valence-corrected chi connectivity index (χ4v) is 4.00. The maximum absolute atomic E-state index is 14.4. The second-order valence-electron chi connectivity index (χ2n) is 6.73. The summed E-state index contributed by atoms with van der Waals surface area (Å²) in [5, 5.41) is 0. The van der Waals surface area contributed by atoms with E-state index in [0.717, 1.165) is 22.3 Å². The van der Waals surface area contributed by atoms with Crippen LogP contribution in [-0.2, 0) is 21.6 Å². The zero-order chi connectivity index (χ0) is 20.4. The summed E-state index contributed by atoms with van der Waals surface area (Å²) in [6, 6.07) is 22.8. The Morgan fingerprint density at radius 1 is 0.897 bits per heavy atom. The standard InChI is InChI=1S/C23H18FNO3S/c24-20-8-4-5-9-21(20)25-14-19(17-12-10-16(11-13-17)15-29(27)28)22(23(25)26)18-6-2-1-3-7-18/h1-13H,14-15H2,(H,27,28). The lowest BCUT2D eigenvalue weighted by Crippen LogP contribution is -2.27. The first-order chi connectivity index (χ1) is 14.0. The molecule has 1 heterocycles. The van der Waals surface area contributed by atoms with Crippen LogP contribution in [0.3, 0.4) is 0 Å². The summed E-state index contributed by atoms with van der Waals surface area (Å²) in [4.78, 5) is 14.7. The molecule has 29 heavy (non-hydrogen) atoms. The van der Waals surface area contributed by atoms with E-state index in [-0.39, 0.29) is 23.9 Å². The first-order valence-electron chi connectivity index (χ1n) is 9.06. The van der Waals surface area contributed by atoms with Crippen LogP contribution in [0.15, 0.2) is 78.9 Å². The second-order valence-corrected chi connectivity index (χ2v) is 7.66. The van der Waals surface area contributed by atoms with Crippen molar-refractivity contribution in [2.24, 2.45) is 0 Å². The van der Waals surface area contributed by atoms with E-state index in [0.29, 0.717) is 5.57 Å². The molecule has 0 aliphatic carbocycles. The summed E-state index contributed by atoms with van der Waals surface area (Å²) in [5.74, 6) is -0.655. The number of carbonyl (C=O) groups excluding carboxylic acids is 1. The number of hydrogen-bond donors (Lipinski definition) is 1. The second kappa shape index (κ2) is 8.11. The van der Waals surface area contributed by atoms with Crippen molar-refractivity contribution >= 4 is 33.8 Å². The minimum atomic E-state index is -1.92. The van der Waals surface area contributed by atoms with Gasteiger partial charge in [0, 0.05) is 0 Å². The normalized spacial score (nSPS) is 15.1. The molecular weight excluding hydrogens is 389 g/mol. The van der Waals surface area contributed by atoms with Crippen LogP contribution in [0, 0.1) is 5.82 Å². The van der Waals surface area contributed by atoms with Gasteiger partial charge < -0.3 is 9.45 Å². The Hall–Kier alpha value is -3.09. The van der Waals surface area contributed by atoms with Crippen molar-refractivity contribution in [3.63, 3.8) is 0 Å². The Balaban J connectivity index is 1.79. The van der Waals surface area contributed by atoms with E-state index in [4.69, 9.17) is 4.55 Å². The van der Waals surface area contributed by atoms with Crippen LogP contribution in [0.5, 0.6) is 0 Å². The molecule has 0 saturated heterocycles. The number of halogens is 1. The molecule has 4 rings (SSSR count). The third kappa shape index (κ3) is 3.90. The van der Waals surface area contributed by atoms with Crippen LogP contribution in [0.2, 0.25) is 0 Å². The van der Waals surface area contributed by atoms with Gasteiger partial charge in [0.2, 0.25) is 0 Å². The quantitative estimate of drug-likeness (QED) is 0.634. The van der Waals surface area contributed by atoms with Crippen molar-refractivity contribution in [3.8, 4) is 0 Å². The summed E-state index contributed by atoms with van der Waals surface area (Å²) in [6.07, 6.45) is 0. The topological polar surface area (TPSA) is 57.6 Å². The van der Waals surface area contributed by atoms with E-state index >= 15 is 0 Å². The van der Waals surface area contributed by atoms with E-state index in [2.05, 4.69) is 0 Å². The Labute approximate surface area is 170 Å². The highest BCUT2D eigenvalue weighted by Crippen LogP contribution is 2.37. The molecule has 0 saturated carbocycles. The van der Waals surface area contributed by atoms with E-state index in [1.54, 1.807) is 30.3 Å². The third-order valence-corrected chi connectivity index (χ3v) is 5.46. The van der Waals surface area contributed by atoms with Crippen molar-refractivity contribution in [1.82, 2.24) is 0 Å². The molecule has 3 aromatic rings. The van der Waals surface area contributed by atoms with E-state index in [1.165, 1.54) is 11.0 Å². The molecule has 0 spiro atoms. The van der Waals surface area contributed by atoms with Gasteiger partial charge in [0.05, 0.1) is 23.6 Å². The first-order valence-corrected chi connectivity index (χ1v) is 10.3. The van der Waals surface area contributed by atoms with Crippen molar-refractivity contribution in [2.75, 3.05) is 11.4 Å². The molecule has 3 aromatic carbocycles. The molecule has 1 atom stereocenters. The average molecular weight is 407 g/mol. The van der Waals surface area contributed by atoms with Gasteiger partial charge in [-0.3, -0.25) is 4.79 Å². The molecule has 1 aliphatic heterocycles. The molecule has 0 radical (unpaired) electrons. The van der Waals surface area contributed by atoms with Gasteiger partial charge in [0.25, 0.3) is 5.91 Å². The lowest BCUT2D eigenvalue weighted by atomic mass is 9.96. The smallest absolute Gasteiger partial charge is 0.259 e. The number of anilines is 1. The number of nitrogens with zero attached hydrogens (tertiary/aromatic N) is 1. The van der Waals surface area contributed by atoms with Gasteiger partial charge in [-0.2, -0.15) is 0 Å². The molecule has 1 unspecified atom stereocenters. The van der Waals surface area contributed by atoms with Crippen LogP contribution in [0.4, 0.5) is 10.1 Å². The van der Waals surface area contributed by atoms with E-state index in [9.17, 15) is 13.4 Å². The Morgan fingerprint density at radius 3 is 2.21 bits per heavy atom. The zero-order valence-electron chi connectivity index (χ0n) is 15.4. The highest BCUT2D eigenvalue weighted by molar-refractivity contribution is 7.78. The van der Waals surface area contributed by atoms with E-state index < -0.39 is 16.9 Å². The summed E-state index contributed by atoms with van der Waals surface area (Å²) >= 11 is -1.92. The predicted octanol–water partition coefficient (Wildman–Crippen LogP) is 4.51. The average Bonchev–Trinajstić information content (AvgIpc) is 3.06. The fraction of sp³-hybridized carbons (Fsp3) is 0.0870. The molecule has 0 aromatic heterocycles. The highest BCUT2D eigenvalue weighted by atomic mass is 32.2. The van der Waals surface area contributed by atoms with Gasteiger partial charge in [-0.15, -0.1) is 0 Å². The van der Waals surface area contributed by atoms with Crippen molar-refractivity contribution in [1.29, 1.82) is 0 Å². The third-order valence-electron chi connectivity index (χ3n) is 4.88. The van der Waals surface area contributed by atoms with Gasteiger partial charge in [0.1, 0.15) is 5.82 Å². The SMILES string of the molecule is O=C1C(c2ccccc2)=C(c2ccc(CS(=O)O)cc2)CN1c1ccccc1F. The van der Waals surface area contributed by atoms with Crippen LogP contribution < -0.4 is 4.90 Å². The zero-order valence-corrected chi connectivity index (χ0v) is 16.2. The Kier molecular flexibility index (Phi) is 5.38. The number of para-hydroxylation sites is 1. The van der Waals surface area contributed by atoms with Gasteiger partial charge in [-0.1, -0.05) is 66.7 Å². The van der Waals surface area contributed by atoms with Crippen molar-refractivity contribution in [2.45, 2.75) is 5.75 Å². The fourth-order valence-electron chi connectivity index (χ4n) is 3.52. The number of rotatable bonds is 5. The Morgan fingerprint density at radius 2 is 1.55 bits per heavy atom. The largest absolute Gasteiger partial charge is 0.306 e. The summed E-state index contributed by atoms with van der Waals surface area (Å²) in [7, 11) is 0. The molecule has 1 aliphatic rings. The summed E-state index contributed by atoms with van der Waals surface area (Å²) < 4.78 is 34.5. The molecular formula is C23H18FNO3S. The highest BCUT2D eigenvalue weighted by Gasteiger charge is 2.34. The Bertz CT molecular complexity index is 1110. The summed E-state index contributed by atoms with van der Waals surface area (Å²) in [6.45, 7) is 0.245. The number of amides is 1. The van der Waals surface area contributed by atoms with Crippen LogP contribution in [-0.4, -0.2) is 21.2 Å². The lowest BCUT2D eigenvalue weighted by molar-refractivity contribution is -0.112. The monoisotopic (exact) mass is 407 g/mol. The maximum Gasteiger partial charge on any atom is 0.259 e. The van der Waals surface area contributed by atoms with Crippen LogP contribution in [0.1, 0.15) is 16.7 Å². The lowest BCUT2D eigenvalue weighted by Gasteiger charge is -2.18. The van der Waals surface area contributed by atoms with Crippen molar-refractivity contribution in [3.05, 3.63) is 101 Å². The predicted molar refractivity (Wildman–Crippen MR) is 113 cm³/mol. The summed E-state index contributed by atoms with van der Waals surface area (Å²) in [5.41, 5.74) is 3.89. The molecule has 0 bridgehead atoms. The van der Waals surface area contributed by atoms with Crippen LogP contribution >= 0.6 is 0 Å². The number of benzene rings is 3. The maximum atomic E-state index is 14.4. The molecule has 146 valence electrons.